The smallest absolute Gasteiger partial charge is 0.0702 e. The van der Waals surface area contributed by atoms with E-state index < -0.39 is 0 Å². The molecule has 90 valence electrons. The molecule has 0 aliphatic carbocycles. The van der Waals surface area contributed by atoms with Crippen LogP contribution < -0.4 is 5.73 Å². The van der Waals surface area contributed by atoms with Crippen LogP contribution in [-0.2, 0) is 4.74 Å². The van der Waals surface area contributed by atoms with Crippen LogP contribution in [0.1, 0.15) is 33.1 Å². The average Bonchev–Trinajstić information content (AvgIpc) is 2.66. The zero-order valence-electron chi connectivity index (χ0n) is 10.4. The van der Waals surface area contributed by atoms with Gasteiger partial charge in [0.15, 0.2) is 0 Å². The topological polar surface area (TPSA) is 38.5 Å². The SMILES string of the molecule is CC(C)CC(CN)N(C)CC1CCCO1. The van der Waals surface area contributed by atoms with Crippen molar-refractivity contribution in [3.8, 4) is 0 Å². The minimum absolute atomic E-state index is 0.441. The van der Waals surface area contributed by atoms with Gasteiger partial charge in [-0.05, 0) is 32.2 Å². The van der Waals surface area contributed by atoms with Crippen molar-refractivity contribution < 1.29 is 4.74 Å². The molecule has 2 N–H and O–H groups in total. The van der Waals surface area contributed by atoms with Crippen LogP contribution in [0, 0.1) is 5.92 Å². The molecule has 1 aliphatic rings. The van der Waals surface area contributed by atoms with Gasteiger partial charge in [0.1, 0.15) is 0 Å². The van der Waals surface area contributed by atoms with Gasteiger partial charge in [0.05, 0.1) is 6.10 Å². The molecule has 1 aliphatic heterocycles. The normalized spacial score (nSPS) is 24.0. The summed E-state index contributed by atoms with van der Waals surface area (Å²) in [4.78, 5) is 2.37. The van der Waals surface area contributed by atoms with Crippen LogP contribution in [0.15, 0.2) is 0 Å². The molecule has 0 aromatic heterocycles. The van der Waals surface area contributed by atoms with E-state index in [0.29, 0.717) is 18.1 Å². The van der Waals surface area contributed by atoms with Gasteiger partial charge in [0.25, 0.3) is 0 Å². The summed E-state index contributed by atoms with van der Waals surface area (Å²) in [6.07, 6.45) is 4.05. The predicted molar refractivity (Wildman–Crippen MR) is 63.9 cm³/mol. The Morgan fingerprint density at radius 1 is 1.47 bits per heavy atom. The van der Waals surface area contributed by atoms with Gasteiger partial charge in [0.2, 0.25) is 0 Å². The second-order valence-corrected chi connectivity index (χ2v) is 5.09. The third-order valence-corrected chi connectivity index (χ3v) is 3.15. The Morgan fingerprint density at radius 2 is 2.20 bits per heavy atom. The van der Waals surface area contributed by atoms with Crippen molar-refractivity contribution in [1.82, 2.24) is 4.90 Å². The van der Waals surface area contributed by atoms with E-state index in [4.69, 9.17) is 10.5 Å². The molecule has 0 amide bonds. The molecular weight excluding hydrogens is 188 g/mol. The van der Waals surface area contributed by atoms with Crippen molar-refractivity contribution in [1.29, 1.82) is 0 Å². The van der Waals surface area contributed by atoms with Crippen molar-refractivity contribution in [2.45, 2.75) is 45.3 Å². The van der Waals surface area contributed by atoms with E-state index in [2.05, 4.69) is 25.8 Å². The lowest BCUT2D eigenvalue weighted by atomic mass is 10.0. The average molecular weight is 214 g/mol. The predicted octanol–water partition coefficient (Wildman–Crippen LogP) is 1.47. The molecule has 2 unspecified atom stereocenters. The third kappa shape index (κ3) is 4.49. The minimum Gasteiger partial charge on any atom is -0.377 e. The molecule has 0 bridgehead atoms. The molecule has 0 spiro atoms. The van der Waals surface area contributed by atoms with Crippen LogP contribution in [0.3, 0.4) is 0 Å². The van der Waals surface area contributed by atoms with Crippen LogP contribution in [0.2, 0.25) is 0 Å². The van der Waals surface area contributed by atoms with Crippen molar-refractivity contribution in [2.75, 3.05) is 26.7 Å². The monoisotopic (exact) mass is 214 g/mol. The molecule has 3 nitrogen and oxygen atoms in total. The lowest BCUT2D eigenvalue weighted by Gasteiger charge is -2.30. The molecular formula is C12H26N2O. The van der Waals surface area contributed by atoms with Crippen molar-refractivity contribution in [3.05, 3.63) is 0 Å². The van der Waals surface area contributed by atoms with Gasteiger partial charge >= 0.3 is 0 Å². The number of hydrogen-bond donors (Lipinski definition) is 1. The summed E-state index contributed by atoms with van der Waals surface area (Å²) < 4.78 is 5.64. The van der Waals surface area contributed by atoms with E-state index in [1.165, 1.54) is 19.3 Å². The van der Waals surface area contributed by atoms with Crippen LogP contribution in [0.5, 0.6) is 0 Å². The van der Waals surface area contributed by atoms with E-state index in [1.54, 1.807) is 0 Å². The molecule has 15 heavy (non-hydrogen) atoms. The third-order valence-electron chi connectivity index (χ3n) is 3.15. The second-order valence-electron chi connectivity index (χ2n) is 5.09. The fourth-order valence-corrected chi connectivity index (χ4v) is 2.26. The number of nitrogens with zero attached hydrogens (tertiary/aromatic N) is 1. The highest BCUT2D eigenvalue weighted by Crippen LogP contribution is 2.16. The van der Waals surface area contributed by atoms with Crippen molar-refractivity contribution in [3.63, 3.8) is 0 Å². The summed E-state index contributed by atoms with van der Waals surface area (Å²) in [6.45, 7) is 7.23. The Morgan fingerprint density at radius 3 is 2.67 bits per heavy atom. The lowest BCUT2D eigenvalue weighted by Crippen LogP contribution is -2.42. The van der Waals surface area contributed by atoms with E-state index in [0.717, 1.165) is 19.7 Å². The van der Waals surface area contributed by atoms with Gasteiger partial charge in [-0.15, -0.1) is 0 Å². The van der Waals surface area contributed by atoms with Crippen molar-refractivity contribution in [2.24, 2.45) is 11.7 Å². The van der Waals surface area contributed by atoms with Gasteiger partial charge in [-0.25, -0.2) is 0 Å². The van der Waals surface area contributed by atoms with E-state index in [-0.39, 0.29) is 0 Å². The van der Waals surface area contributed by atoms with Crippen LogP contribution >= 0.6 is 0 Å². The van der Waals surface area contributed by atoms with Gasteiger partial charge in [-0.2, -0.15) is 0 Å². The fraction of sp³-hybridized carbons (Fsp3) is 1.00. The quantitative estimate of drug-likeness (QED) is 0.727. The van der Waals surface area contributed by atoms with Gasteiger partial charge < -0.3 is 10.5 Å². The molecule has 0 saturated carbocycles. The maximum absolute atomic E-state index is 5.81. The van der Waals surface area contributed by atoms with Crippen LogP contribution in [0.4, 0.5) is 0 Å². The zero-order chi connectivity index (χ0) is 11.3. The summed E-state index contributed by atoms with van der Waals surface area (Å²) in [5.74, 6) is 0.713. The largest absolute Gasteiger partial charge is 0.377 e. The molecule has 0 aromatic carbocycles. The molecule has 1 rings (SSSR count). The molecule has 3 heteroatoms. The molecule has 0 aromatic rings. The summed E-state index contributed by atoms with van der Waals surface area (Å²) in [5.41, 5.74) is 5.81. The Hall–Kier alpha value is -0.120. The lowest BCUT2D eigenvalue weighted by molar-refractivity contribution is 0.0656. The number of likely N-dealkylation sites (N-methyl/N-ethyl adjacent to an activating group) is 1. The maximum atomic E-state index is 5.81. The molecule has 1 heterocycles. The van der Waals surface area contributed by atoms with E-state index in [1.807, 2.05) is 0 Å². The minimum atomic E-state index is 0.441. The Kier molecular flexibility index (Phi) is 5.58. The maximum Gasteiger partial charge on any atom is 0.0702 e. The number of ether oxygens (including phenoxy) is 1. The van der Waals surface area contributed by atoms with Gasteiger partial charge in [-0.1, -0.05) is 13.8 Å². The number of hydrogen-bond acceptors (Lipinski definition) is 3. The molecule has 1 fully saturated rings. The van der Waals surface area contributed by atoms with E-state index >= 15 is 0 Å². The first-order valence-corrected chi connectivity index (χ1v) is 6.15. The first-order chi connectivity index (χ1) is 7.13. The fourth-order valence-electron chi connectivity index (χ4n) is 2.26. The van der Waals surface area contributed by atoms with Crippen LogP contribution in [0.25, 0.3) is 0 Å². The summed E-state index contributed by atoms with van der Waals surface area (Å²) in [7, 11) is 2.17. The highest BCUT2D eigenvalue weighted by molar-refractivity contribution is 4.76. The van der Waals surface area contributed by atoms with Gasteiger partial charge in [-0.3, -0.25) is 4.90 Å². The van der Waals surface area contributed by atoms with Gasteiger partial charge in [0, 0.05) is 25.7 Å². The highest BCUT2D eigenvalue weighted by Gasteiger charge is 2.21. The second kappa shape index (κ2) is 6.46. The molecule has 0 radical (unpaired) electrons. The molecule has 2 atom stereocenters. The number of rotatable bonds is 6. The van der Waals surface area contributed by atoms with E-state index in [9.17, 15) is 0 Å². The summed E-state index contributed by atoms with van der Waals surface area (Å²) in [5, 5.41) is 0. The summed E-state index contributed by atoms with van der Waals surface area (Å²) in [6, 6.07) is 0.509. The van der Waals surface area contributed by atoms with Crippen LogP contribution in [-0.4, -0.2) is 43.8 Å². The van der Waals surface area contributed by atoms with Crippen molar-refractivity contribution >= 4 is 0 Å². The Labute approximate surface area is 94.0 Å². The Bertz CT molecular complexity index is 167. The highest BCUT2D eigenvalue weighted by atomic mass is 16.5. The zero-order valence-corrected chi connectivity index (χ0v) is 10.4. The first kappa shape index (κ1) is 12.9. The summed E-state index contributed by atoms with van der Waals surface area (Å²) >= 11 is 0. The first-order valence-electron chi connectivity index (χ1n) is 6.15. The molecule has 1 saturated heterocycles. The Balaban J connectivity index is 2.31. The number of nitrogens with two attached hydrogens (primary N) is 1. The standard InChI is InChI=1S/C12H26N2O/c1-10(2)7-11(8-13)14(3)9-12-5-4-6-15-12/h10-12H,4-9,13H2,1-3H3.